The van der Waals surface area contributed by atoms with Gasteiger partial charge in [-0.05, 0) is 74.1 Å². The molecule has 0 fully saturated rings. The molecule has 146 valence electrons. The van der Waals surface area contributed by atoms with Crippen LogP contribution in [0.5, 0.6) is 0 Å². The highest BCUT2D eigenvalue weighted by atomic mass is 32.2. The van der Waals surface area contributed by atoms with Crippen molar-refractivity contribution in [3.63, 3.8) is 0 Å². The second-order valence-corrected chi connectivity index (χ2v) is 9.10. The number of aromatic nitrogens is 1. The standard InChI is InChI=1S/C19H25N3O3S2/c1-13-5-6-15(3)17(11-13)27(24,25)22-16(8-10-26-4)19(23)21-18-12-14(2)7-9-20-18/h5-7,9,11-12,16,22H,8,10H2,1-4H3,(H,20,21,23)/t16-/m0/s1. The van der Waals surface area contributed by atoms with Crippen LogP contribution in [-0.4, -0.2) is 37.4 Å². The maximum atomic E-state index is 12.9. The number of pyridine rings is 1. The molecule has 0 saturated heterocycles. The minimum atomic E-state index is -3.83. The van der Waals surface area contributed by atoms with Crippen LogP contribution in [0.15, 0.2) is 41.4 Å². The van der Waals surface area contributed by atoms with Crippen molar-refractivity contribution >= 4 is 33.5 Å². The van der Waals surface area contributed by atoms with E-state index in [1.807, 2.05) is 32.2 Å². The van der Waals surface area contributed by atoms with E-state index in [0.717, 1.165) is 11.1 Å². The molecule has 1 aromatic carbocycles. The van der Waals surface area contributed by atoms with Crippen LogP contribution < -0.4 is 10.0 Å². The molecule has 1 atom stereocenters. The Labute approximate surface area is 165 Å². The van der Waals surface area contributed by atoms with Gasteiger partial charge in [-0.3, -0.25) is 4.79 Å². The van der Waals surface area contributed by atoms with Crippen molar-refractivity contribution in [1.82, 2.24) is 9.71 Å². The summed E-state index contributed by atoms with van der Waals surface area (Å²) in [5.41, 5.74) is 2.43. The lowest BCUT2D eigenvalue weighted by Gasteiger charge is -2.19. The van der Waals surface area contributed by atoms with Crippen molar-refractivity contribution in [2.45, 2.75) is 38.1 Å². The number of nitrogens with zero attached hydrogens (tertiary/aromatic N) is 1. The maximum absolute atomic E-state index is 12.9. The predicted molar refractivity (Wildman–Crippen MR) is 111 cm³/mol. The Morgan fingerprint density at radius 1 is 1.15 bits per heavy atom. The number of thioether (sulfide) groups is 1. The minimum absolute atomic E-state index is 0.193. The summed E-state index contributed by atoms with van der Waals surface area (Å²) in [6, 6.07) is 7.91. The average molecular weight is 408 g/mol. The van der Waals surface area contributed by atoms with Crippen LogP contribution in [-0.2, 0) is 14.8 Å². The SMILES string of the molecule is CSCC[C@H](NS(=O)(=O)c1cc(C)ccc1C)C(=O)Nc1cc(C)ccn1. The zero-order valence-corrected chi connectivity index (χ0v) is 17.6. The second kappa shape index (κ2) is 9.34. The van der Waals surface area contributed by atoms with Crippen LogP contribution in [0.2, 0.25) is 0 Å². The summed E-state index contributed by atoms with van der Waals surface area (Å²) >= 11 is 1.55. The molecule has 6 nitrogen and oxygen atoms in total. The smallest absolute Gasteiger partial charge is 0.243 e. The Balaban J connectivity index is 2.24. The van der Waals surface area contributed by atoms with Crippen molar-refractivity contribution in [2.75, 3.05) is 17.3 Å². The molecule has 1 amide bonds. The minimum Gasteiger partial charge on any atom is -0.309 e. The molecule has 0 bridgehead atoms. The van der Waals surface area contributed by atoms with Crippen molar-refractivity contribution in [2.24, 2.45) is 0 Å². The first kappa shape index (κ1) is 21.4. The van der Waals surface area contributed by atoms with Gasteiger partial charge in [-0.15, -0.1) is 0 Å². The highest BCUT2D eigenvalue weighted by Crippen LogP contribution is 2.18. The number of anilines is 1. The molecule has 2 aromatic rings. The summed E-state index contributed by atoms with van der Waals surface area (Å²) in [4.78, 5) is 17.0. The monoisotopic (exact) mass is 407 g/mol. The van der Waals surface area contributed by atoms with Gasteiger partial charge in [0.05, 0.1) is 4.90 Å². The molecular formula is C19H25N3O3S2. The Morgan fingerprint density at radius 2 is 1.85 bits per heavy atom. The Kier molecular flexibility index (Phi) is 7.41. The topological polar surface area (TPSA) is 88.2 Å². The zero-order chi connectivity index (χ0) is 20.0. The number of rotatable bonds is 8. The van der Waals surface area contributed by atoms with Gasteiger partial charge < -0.3 is 5.32 Å². The maximum Gasteiger partial charge on any atom is 0.243 e. The predicted octanol–water partition coefficient (Wildman–Crippen LogP) is 3.05. The molecule has 2 N–H and O–H groups in total. The van der Waals surface area contributed by atoms with Gasteiger partial charge in [0.1, 0.15) is 11.9 Å². The summed E-state index contributed by atoms with van der Waals surface area (Å²) in [6.07, 6.45) is 3.89. The molecule has 2 rings (SSSR count). The third-order valence-electron chi connectivity index (χ3n) is 4.02. The Hall–Kier alpha value is -1.90. The summed E-state index contributed by atoms with van der Waals surface area (Å²) in [7, 11) is -3.83. The number of hydrogen-bond acceptors (Lipinski definition) is 5. The highest BCUT2D eigenvalue weighted by molar-refractivity contribution is 7.98. The van der Waals surface area contributed by atoms with Crippen molar-refractivity contribution in [1.29, 1.82) is 0 Å². The lowest BCUT2D eigenvalue weighted by atomic mass is 10.2. The molecule has 1 aromatic heterocycles. The summed E-state index contributed by atoms with van der Waals surface area (Å²) in [5.74, 6) is 0.630. The molecule has 0 saturated carbocycles. The van der Waals surface area contributed by atoms with Crippen molar-refractivity contribution in [3.05, 3.63) is 53.2 Å². The van der Waals surface area contributed by atoms with Crippen LogP contribution >= 0.6 is 11.8 Å². The molecule has 0 unspecified atom stereocenters. The second-order valence-electron chi connectivity index (χ2n) is 6.43. The normalized spacial score (nSPS) is 12.6. The number of carbonyl (C=O) groups is 1. The van der Waals surface area contributed by atoms with Crippen LogP contribution in [0, 0.1) is 20.8 Å². The van der Waals surface area contributed by atoms with Gasteiger partial charge in [0.25, 0.3) is 0 Å². The van der Waals surface area contributed by atoms with E-state index in [9.17, 15) is 13.2 Å². The quantitative estimate of drug-likeness (QED) is 0.702. The van der Waals surface area contributed by atoms with E-state index >= 15 is 0 Å². The fraction of sp³-hybridized carbons (Fsp3) is 0.368. The number of hydrogen-bond donors (Lipinski definition) is 2. The fourth-order valence-electron chi connectivity index (χ4n) is 2.54. The van der Waals surface area contributed by atoms with E-state index in [4.69, 9.17) is 0 Å². The molecule has 0 aliphatic heterocycles. The van der Waals surface area contributed by atoms with E-state index in [1.165, 1.54) is 0 Å². The van der Waals surface area contributed by atoms with E-state index in [-0.39, 0.29) is 4.90 Å². The first-order valence-corrected chi connectivity index (χ1v) is 11.4. The third-order valence-corrected chi connectivity index (χ3v) is 6.28. The largest absolute Gasteiger partial charge is 0.309 e. The van der Waals surface area contributed by atoms with Crippen LogP contribution in [0.1, 0.15) is 23.1 Å². The van der Waals surface area contributed by atoms with Crippen LogP contribution in [0.25, 0.3) is 0 Å². The molecule has 0 radical (unpaired) electrons. The summed E-state index contributed by atoms with van der Waals surface area (Å²) in [6.45, 7) is 5.47. The molecular weight excluding hydrogens is 382 g/mol. The number of nitrogens with one attached hydrogen (secondary N) is 2. The number of amides is 1. The highest BCUT2D eigenvalue weighted by Gasteiger charge is 2.27. The van der Waals surface area contributed by atoms with Gasteiger partial charge in [0.2, 0.25) is 15.9 Å². The van der Waals surface area contributed by atoms with E-state index in [0.29, 0.717) is 23.6 Å². The van der Waals surface area contributed by atoms with Crippen molar-refractivity contribution in [3.8, 4) is 0 Å². The Morgan fingerprint density at radius 3 is 2.52 bits per heavy atom. The zero-order valence-electron chi connectivity index (χ0n) is 15.9. The molecule has 8 heteroatoms. The first-order chi connectivity index (χ1) is 12.7. The van der Waals surface area contributed by atoms with Gasteiger partial charge in [0, 0.05) is 6.20 Å². The fourth-order valence-corrected chi connectivity index (χ4v) is 4.58. The number of carbonyl (C=O) groups excluding carboxylic acids is 1. The molecule has 27 heavy (non-hydrogen) atoms. The average Bonchev–Trinajstić information content (AvgIpc) is 2.60. The van der Waals surface area contributed by atoms with Crippen LogP contribution in [0.4, 0.5) is 5.82 Å². The van der Waals surface area contributed by atoms with E-state index in [2.05, 4.69) is 15.0 Å². The van der Waals surface area contributed by atoms with Gasteiger partial charge in [-0.1, -0.05) is 12.1 Å². The van der Waals surface area contributed by atoms with Gasteiger partial charge in [0.15, 0.2) is 0 Å². The van der Waals surface area contributed by atoms with Gasteiger partial charge >= 0.3 is 0 Å². The van der Waals surface area contributed by atoms with Gasteiger partial charge in [-0.25, -0.2) is 13.4 Å². The first-order valence-electron chi connectivity index (χ1n) is 8.55. The lowest BCUT2D eigenvalue weighted by molar-refractivity contribution is -0.117. The lowest BCUT2D eigenvalue weighted by Crippen LogP contribution is -2.44. The summed E-state index contributed by atoms with van der Waals surface area (Å²) in [5, 5.41) is 2.71. The Bertz CT molecular complexity index is 914. The third kappa shape index (κ3) is 6.05. The van der Waals surface area contributed by atoms with E-state index < -0.39 is 22.0 Å². The molecule has 0 spiro atoms. The number of sulfonamides is 1. The molecule has 0 aliphatic carbocycles. The summed E-state index contributed by atoms with van der Waals surface area (Å²) < 4.78 is 28.3. The van der Waals surface area contributed by atoms with Crippen molar-refractivity contribution < 1.29 is 13.2 Å². The number of aryl methyl sites for hydroxylation is 3. The van der Waals surface area contributed by atoms with Gasteiger partial charge in [-0.2, -0.15) is 16.5 Å². The molecule has 0 aliphatic rings. The van der Waals surface area contributed by atoms with E-state index in [1.54, 1.807) is 43.1 Å². The van der Waals surface area contributed by atoms with Crippen LogP contribution in [0.3, 0.4) is 0 Å². The molecule has 1 heterocycles. The number of benzene rings is 1.